The second-order valence-electron chi connectivity index (χ2n) is 27.0. The molecule has 0 bridgehead atoms. The number of hydrogen-bond acceptors (Lipinski definition) is 4. The van der Waals surface area contributed by atoms with Gasteiger partial charge in [0.05, 0.1) is 27.9 Å². The van der Waals surface area contributed by atoms with E-state index in [1.165, 1.54) is 11.1 Å². The quantitative estimate of drug-likeness (QED) is 0.122. The molecule has 94 heavy (non-hydrogen) atoms. The molecular weight excluding hydrogens is 1140 g/mol. The number of furan rings is 1. The van der Waals surface area contributed by atoms with Gasteiger partial charge in [0.25, 0.3) is 0 Å². The zero-order valence-electron chi connectivity index (χ0n) is 53.8. The van der Waals surface area contributed by atoms with Crippen LogP contribution in [0.1, 0.15) is 74.9 Å². The van der Waals surface area contributed by atoms with Crippen LogP contribution in [0.15, 0.2) is 326 Å². The number of hydrogen-bond donors (Lipinski definition) is 0. The first-order valence-electron chi connectivity index (χ1n) is 32.8. The highest BCUT2D eigenvalue weighted by atomic mass is 16.3. The molecule has 1 aliphatic carbocycles. The van der Waals surface area contributed by atoms with Crippen molar-refractivity contribution in [3.8, 4) is 55.6 Å². The predicted octanol–water partition coefficient (Wildman–Crippen LogP) is 24.7. The Labute approximate surface area is 551 Å². The Hall–Kier alpha value is -11.3. The minimum atomic E-state index is -0.941. The average Bonchev–Trinajstić information content (AvgIpc) is 1.51. The Morgan fingerprint density at radius 1 is 0.330 bits per heavy atom. The summed E-state index contributed by atoms with van der Waals surface area (Å²) in [5.74, 6) is 0.822. The Kier molecular flexibility index (Phi) is 14.2. The summed E-state index contributed by atoms with van der Waals surface area (Å²) in [5, 5.41) is 4.26. The fourth-order valence-electron chi connectivity index (χ4n) is 14.7. The molecule has 0 atom stereocenters. The van der Waals surface area contributed by atoms with Crippen molar-refractivity contribution < 1.29 is 4.42 Å². The summed E-state index contributed by atoms with van der Waals surface area (Å²) in [6.45, 7) is 13.7. The number of aromatic nitrogens is 1. The number of nitrogens with zero attached hydrogens (tertiary/aromatic N) is 3. The molecule has 2 heterocycles. The summed E-state index contributed by atoms with van der Waals surface area (Å²) in [4.78, 5) is 10.6. The van der Waals surface area contributed by atoms with E-state index in [1.807, 2.05) is 0 Å². The van der Waals surface area contributed by atoms with Gasteiger partial charge in [0.2, 0.25) is 0 Å². The van der Waals surface area contributed by atoms with Crippen molar-refractivity contribution in [2.24, 2.45) is 0 Å². The Bertz CT molecular complexity index is 5240. The number of rotatable bonds is 12. The fraction of sp³-hybridized carbons (Fsp3) is 0.100. The molecule has 452 valence electrons. The molecule has 13 aromatic carbocycles. The SMILES string of the molecule is CC(C)(C)c1ccc(N(c2ncc(-c3ccccc3)cc2-c2ccccc2)c2cc3c(c4ccccc24)-c2c(cc(N(c4ccc(C(C)(C)C)cc4)c4ccc(-c5ccccc5)cc4-c4ccccc4)c4c2oc2ccccc24)C3(c2ccccc2)c2ccccc2)cc1. The van der Waals surface area contributed by atoms with Crippen LogP contribution in [0.2, 0.25) is 0 Å². The zero-order valence-corrected chi connectivity index (χ0v) is 53.8. The molecule has 0 N–H and O–H groups in total. The third-order valence-electron chi connectivity index (χ3n) is 19.3. The van der Waals surface area contributed by atoms with Crippen molar-refractivity contribution in [3.63, 3.8) is 0 Å². The van der Waals surface area contributed by atoms with Crippen molar-refractivity contribution in [2.75, 3.05) is 9.80 Å². The second-order valence-corrected chi connectivity index (χ2v) is 27.0. The van der Waals surface area contributed by atoms with E-state index < -0.39 is 5.41 Å². The average molecular weight is 1210 g/mol. The summed E-state index contributed by atoms with van der Waals surface area (Å²) >= 11 is 0. The van der Waals surface area contributed by atoms with E-state index in [4.69, 9.17) is 9.40 Å². The van der Waals surface area contributed by atoms with Gasteiger partial charge in [0, 0.05) is 50.6 Å². The normalized spacial score (nSPS) is 12.7. The summed E-state index contributed by atoms with van der Waals surface area (Å²) < 4.78 is 7.70. The van der Waals surface area contributed by atoms with Crippen molar-refractivity contribution in [3.05, 3.63) is 355 Å². The van der Waals surface area contributed by atoms with Crippen LogP contribution in [0.25, 0.3) is 88.3 Å². The Morgan fingerprint density at radius 2 is 0.766 bits per heavy atom. The summed E-state index contributed by atoms with van der Waals surface area (Å²) in [6, 6.07) is 116. The maximum atomic E-state index is 7.70. The number of pyridine rings is 1. The lowest BCUT2D eigenvalue weighted by Crippen LogP contribution is -2.29. The smallest absolute Gasteiger partial charge is 0.145 e. The monoisotopic (exact) mass is 1210 g/mol. The molecule has 0 amide bonds. The van der Waals surface area contributed by atoms with Crippen LogP contribution in [-0.2, 0) is 16.2 Å². The van der Waals surface area contributed by atoms with Crippen LogP contribution in [-0.4, -0.2) is 4.98 Å². The molecule has 0 spiro atoms. The molecular formula is C90H71N3O. The van der Waals surface area contributed by atoms with E-state index in [-0.39, 0.29) is 10.8 Å². The van der Waals surface area contributed by atoms with Crippen LogP contribution in [0.4, 0.5) is 34.3 Å². The van der Waals surface area contributed by atoms with E-state index in [2.05, 4.69) is 373 Å². The first-order valence-corrected chi connectivity index (χ1v) is 32.8. The van der Waals surface area contributed by atoms with Crippen molar-refractivity contribution in [2.45, 2.75) is 57.8 Å². The number of anilines is 6. The molecule has 0 saturated heterocycles. The third kappa shape index (κ3) is 9.79. The van der Waals surface area contributed by atoms with E-state index in [9.17, 15) is 0 Å². The molecule has 1 aliphatic rings. The lowest BCUT2D eigenvalue weighted by atomic mass is 9.67. The van der Waals surface area contributed by atoms with Crippen molar-refractivity contribution in [1.29, 1.82) is 0 Å². The molecule has 0 unspecified atom stereocenters. The van der Waals surface area contributed by atoms with Gasteiger partial charge >= 0.3 is 0 Å². The maximum absolute atomic E-state index is 7.70. The Balaban J connectivity index is 1.06. The summed E-state index contributed by atoms with van der Waals surface area (Å²) in [6.07, 6.45) is 2.05. The third-order valence-corrected chi connectivity index (χ3v) is 19.3. The Morgan fingerprint density at radius 3 is 1.32 bits per heavy atom. The van der Waals surface area contributed by atoms with E-state index in [0.29, 0.717) is 0 Å². The van der Waals surface area contributed by atoms with Crippen LogP contribution in [0.3, 0.4) is 0 Å². The van der Waals surface area contributed by atoms with E-state index >= 15 is 0 Å². The van der Waals surface area contributed by atoms with Gasteiger partial charge in [-0.3, -0.25) is 4.90 Å². The minimum absolute atomic E-state index is 0.0772. The van der Waals surface area contributed by atoms with Crippen molar-refractivity contribution >= 4 is 67.0 Å². The number of para-hydroxylation sites is 1. The summed E-state index contributed by atoms with van der Waals surface area (Å²) in [7, 11) is 0. The van der Waals surface area contributed by atoms with Crippen molar-refractivity contribution in [1.82, 2.24) is 4.98 Å². The molecule has 0 saturated carbocycles. The molecule has 15 aromatic rings. The number of benzene rings is 13. The van der Waals surface area contributed by atoms with Gasteiger partial charge in [-0.2, -0.15) is 0 Å². The standard InChI is InChI=1S/C90H71N3O/c1-88(2,3)66-46-50-70(51-47-66)92(79-54-45-64(60-29-13-7-14-30-60)55-75(79)62-33-17-9-18-34-62)81-58-78-85(86-84(81)74-43-27-28-44-82(74)94-86)83-73-42-26-25-41-72(73)80(57-77(83)90(78,68-37-21-11-22-38-68)69-39-23-12-24-40-69)93(71-52-48-67(49-53-71)89(4,5)6)87-76(63-35-19-10-20-36-63)56-65(59-91-87)61-31-15-8-16-32-61/h7-59H,1-6H3. The van der Waals surface area contributed by atoms with E-state index in [0.717, 1.165) is 145 Å². The zero-order chi connectivity index (χ0) is 63.7. The van der Waals surface area contributed by atoms with Gasteiger partial charge in [-0.15, -0.1) is 0 Å². The lowest BCUT2D eigenvalue weighted by molar-refractivity contribution is 0.590. The molecule has 4 heteroatoms. The predicted molar refractivity (Wildman–Crippen MR) is 395 cm³/mol. The number of fused-ring (bicyclic) bond motifs is 9. The molecule has 0 fully saturated rings. The van der Waals surface area contributed by atoms with Crippen LogP contribution in [0, 0.1) is 0 Å². The van der Waals surface area contributed by atoms with Gasteiger partial charge in [-0.05, 0) is 144 Å². The molecule has 0 aliphatic heterocycles. The minimum Gasteiger partial charge on any atom is -0.455 e. The van der Waals surface area contributed by atoms with E-state index in [1.54, 1.807) is 0 Å². The topological polar surface area (TPSA) is 32.5 Å². The molecule has 2 aromatic heterocycles. The highest BCUT2D eigenvalue weighted by Crippen LogP contribution is 2.64. The molecule has 0 radical (unpaired) electrons. The van der Waals surface area contributed by atoms with Gasteiger partial charge < -0.3 is 9.32 Å². The largest absolute Gasteiger partial charge is 0.455 e. The van der Waals surface area contributed by atoms with Gasteiger partial charge in [-0.25, -0.2) is 4.98 Å². The van der Waals surface area contributed by atoms with Crippen LogP contribution in [0.5, 0.6) is 0 Å². The van der Waals surface area contributed by atoms with Gasteiger partial charge in [0.15, 0.2) is 0 Å². The first kappa shape index (κ1) is 57.8. The molecule has 4 nitrogen and oxygen atoms in total. The van der Waals surface area contributed by atoms with Gasteiger partial charge in [0.1, 0.15) is 17.0 Å². The van der Waals surface area contributed by atoms with Gasteiger partial charge in [-0.1, -0.05) is 296 Å². The second kappa shape index (κ2) is 23.1. The highest BCUT2D eigenvalue weighted by Gasteiger charge is 2.50. The highest BCUT2D eigenvalue weighted by molar-refractivity contribution is 6.23. The lowest BCUT2D eigenvalue weighted by Gasteiger charge is -2.36. The van der Waals surface area contributed by atoms with Crippen LogP contribution >= 0.6 is 0 Å². The van der Waals surface area contributed by atoms with Crippen LogP contribution < -0.4 is 9.80 Å². The first-order chi connectivity index (χ1) is 45.9. The summed E-state index contributed by atoms with van der Waals surface area (Å²) in [5.41, 5.74) is 23.7. The molecule has 16 rings (SSSR count). The maximum Gasteiger partial charge on any atom is 0.145 e. The fourth-order valence-corrected chi connectivity index (χ4v) is 14.7.